The maximum atomic E-state index is 11.9. The van der Waals surface area contributed by atoms with Gasteiger partial charge in [-0.3, -0.25) is 0 Å². The summed E-state index contributed by atoms with van der Waals surface area (Å²) in [4.78, 5) is 3.40. The Bertz CT molecular complexity index is 427. The van der Waals surface area contributed by atoms with Crippen LogP contribution in [0.4, 0.5) is 19.0 Å². The van der Waals surface area contributed by atoms with Crippen molar-refractivity contribution in [2.75, 3.05) is 5.73 Å². The Morgan fingerprint density at radius 2 is 2.13 bits per heavy atom. The van der Waals surface area contributed by atoms with Crippen molar-refractivity contribution >= 4 is 21.7 Å². The Balaban J connectivity index is 3.23. The van der Waals surface area contributed by atoms with E-state index in [0.717, 1.165) is 6.07 Å². The predicted octanol–water partition coefficient (Wildman–Crippen LogP) is 2.20. The van der Waals surface area contributed by atoms with Gasteiger partial charge in [-0.05, 0) is 22.0 Å². The first-order valence-corrected chi connectivity index (χ1v) is 4.24. The molecule has 0 aliphatic carbocycles. The van der Waals surface area contributed by atoms with Gasteiger partial charge in [0.25, 0.3) is 0 Å². The van der Waals surface area contributed by atoms with Crippen molar-refractivity contribution < 1.29 is 17.9 Å². The van der Waals surface area contributed by atoms with Gasteiger partial charge < -0.3 is 10.5 Å². The van der Waals surface area contributed by atoms with Crippen molar-refractivity contribution in [3.63, 3.8) is 0 Å². The Hall–Kier alpha value is -1.49. The van der Waals surface area contributed by atoms with Crippen molar-refractivity contribution in [1.29, 1.82) is 5.26 Å². The first-order valence-electron chi connectivity index (χ1n) is 3.45. The molecule has 0 bridgehead atoms. The van der Waals surface area contributed by atoms with Crippen molar-refractivity contribution in [1.82, 2.24) is 4.98 Å². The van der Waals surface area contributed by atoms with E-state index < -0.39 is 17.8 Å². The second-order valence-corrected chi connectivity index (χ2v) is 3.22. The number of hydrogen-bond donors (Lipinski definition) is 1. The van der Waals surface area contributed by atoms with E-state index in [4.69, 9.17) is 11.0 Å². The van der Waals surface area contributed by atoms with E-state index in [0.29, 0.717) is 0 Å². The first kappa shape index (κ1) is 11.6. The zero-order chi connectivity index (χ0) is 11.6. The van der Waals surface area contributed by atoms with Crippen LogP contribution >= 0.6 is 15.9 Å². The molecule has 0 aliphatic heterocycles. The van der Waals surface area contributed by atoms with Gasteiger partial charge in [0, 0.05) is 0 Å². The minimum atomic E-state index is -4.88. The standard InChI is InChI=1S/C7H3BrF3N3O/c8-3-1-5(13)14-4(2-12)6(3)15-7(9,10)11/h1H,(H2,13,14). The average Bonchev–Trinajstić information content (AvgIpc) is 2.07. The third-order valence-corrected chi connectivity index (χ3v) is 1.86. The SMILES string of the molecule is N#Cc1nc(N)cc(Br)c1OC(F)(F)F. The topological polar surface area (TPSA) is 71.9 Å². The van der Waals surface area contributed by atoms with Crippen LogP contribution < -0.4 is 10.5 Å². The number of ether oxygens (including phenoxy) is 1. The van der Waals surface area contributed by atoms with Gasteiger partial charge in [-0.25, -0.2) is 4.98 Å². The number of nitrogens with zero attached hydrogens (tertiary/aromatic N) is 2. The maximum absolute atomic E-state index is 11.9. The summed E-state index contributed by atoms with van der Waals surface area (Å²) in [5.41, 5.74) is 4.71. The van der Waals surface area contributed by atoms with Crippen LogP contribution in [0.15, 0.2) is 10.5 Å². The van der Waals surface area contributed by atoms with E-state index in [1.54, 1.807) is 0 Å². The Morgan fingerprint density at radius 3 is 2.60 bits per heavy atom. The summed E-state index contributed by atoms with van der Waals surface area (Å²) in [6.07, 6.45) is -4.88. The molecule has 0 saturated carbocycles. The first-order chi connectivity index (χ1) is 6.83. The Kier molecular flexibility index (Phi) is 3.04. The predicted molar refractivity (Wildman–Crippen MR) is 47.7 cm³/mol. The molecule has 8 heteroatoms. The molecule has 80 valence electrons. The summed E-state index contributed by atoms with van der Waals surface area (Å²) < 4.78 is 39.3. The van der Waals surface area contributed by atoms with Crippen LogP contribution in [0.3, 0.4) is 0 Å². The molecule has 2 N–H and O–H groups in total. The van der Waals surface area contributed by atoms with Crippen molar-refractivity contribution in [3.05, 3.63) is 16.2 Å². The third-order valence-electron chi connectivity index (χ3n) is 1.27. The molecule has 0 unspecified atom stereocenters. The van der Waals surface area contributed by atoms with Crippen LogP contribution in [-0.2, 0) is 0 Å². The minimum absolute atomic E-state index is 0.0760. The second kappa shape index (κ2) is 3.94. The molecule has 1 aromatic rings. The number of nitriles is 1. The fourth-order valence-electron chi connectivity index (χ4n) is 0.809. The molecule has 0 spiro atoms. The normalized spacial score (nSPS) is 10.9. The highest BCUT2D eigenvalue weighted by Crippen LogP contribution is 2.33. The number of nitrogens with two attached hydrogens (primary N) is 1. The van der Waals surface area contributed by atoms with Crippen LogP contribution in [0.25, 0.3) is 0 Å². The van der Waals surface area contributed by atoms with E-state index in [9.17, 15) is 13.2 Å². The van der Waals surface area contributed by atoms with E-state index in [-0.39, 0.29) is 10.3 Å². The van der Waals surface area contributed by atoms with E-state index in [1.807, 2.05) is 0 Å². The molecule has 0 fully saturated rings. The van der Waals surface area contributed by atoms with Gasteiger partial charge in [-0.2, -0.15) is 5.26 Å². The summed E-state index contributed by atoms with van der Waals surface area (Å²) >= 11 is 2.80. The largest absolute Gasteiger partial charge is 0.573 e. The highest BCUT2D eigenvalue weighted by atomic mass is 79.9. The zero-order valence-electron chi connectivity index (χ0n) is 6.97. The lowest BCUT2D eigenvalue weighted by Gasteiger charge is -2.11. The molecule has 1 heterocycles. The summed E-state index contributed by atoms with van der Waals surface area (Å²) in [5.74, 6) is -0.771. The molecule has 1 aromatic heterocycles. The summed E-state index contributed by atoms with van der Waals surface area (Å²) in [7, 11) is 0. The number of alkyl halides is 3. The Labute approximate surface area is 90.6 Å². The number of pyridine rings is 1. The highest BCUT2D eigenvalue weighted by molar-refractivity contribution is 9.10. The van der Waals surface area contributed by atoms with Gasteiger partial charge in [0.1, 0.15) is 11.9 Å². The molecule has 0 aliphatic rings. The van der Waals surface area contributed by atoms with E-state index in [2.05, 4.69) is 25.7 Å². The van der Waals surface area contributed by atoms with Gasteiger partial charge in [-0.15, -0.1) is 13.2 Å². The van der Waals surface area contributed by atoms with E-state index in [1.165, 1.54) is 6.07 Å². The molecule has 0 saturated heterocycles. The molecular weight excluding hydrogens is 279 g/mol. The lowest BCUT2D eigenvalue weighted by molar-refractivity contribution is -0.275. The maximum Gasteiger partial charge on any atom is 0.573 e. The molecule has 1 rings (SSSR count). The number of hydrogen-bond acceptors (Lipinski definition) is 4. The van der Waals surface area contributed by atoms with Gasteiger partial charge in [0.2, 0.25) is 0 Å². The third kappa shape index (κ3) is 2.99. The monoisotopic (exact) mass is 281 g/mol. The molecule has 4 nitrogen and oxygen atoms in total. The molecule has 0 amide bonds. The fraction of sp³-hybridized carbons (Fsp3) is 0.143. The van der Waals surface area contributed by atoms with Crippen LogP contribution in [0.2, 0.25) is 0 Å². The molecule has 0 aromatic carbocycles. The van der Waals surface area contributed by atoms with Crippen molar-refractivity contribution in [2.45, 2.75) is 6.36 Å². The lowest BCUT2D eigenvalue weighted by Crippen LogP contribution is -2.18. The number of anilines is 1. The molecule has 0 atom stereocenters. The highest BCUT2D eigenvalue weighted by Gasteiger charge is 2.33. The average molecular weight is 282 g/mol. The van der Waals surface area contributed by atoms with Crippen LogP contribution in [0.1, 0.15) is 5.69 Å². The summed E-state index contributed by atoms with van der Waals surface area (Å²) in [6.45, 7) is 0. The van der Waals surface area contributed by atoms with Gasteiger partial charge in [-0.1, -0.05) is 0 Å². The quantitative estimate of drug-likeness (QED) is 0.857. The van der Waals surface area contributed by atoms with Crippen molar-refractivity contribution in [3.8, 4) is 11.8 Å². The second-order valence-electron chi connectivity index (χ2n) is 2.37. The zero-order valence-corrected chi connectivity index (χ0v) is 8.56. The molecule has 15 heavy (non-hydrogen) atoms. The summed E-state index contributed by atoms with van der Waals surface area (Å²) in [5, 5.41) is 8.53. The van der Waals surface area contributed by atoms with Crippen LogP contribution in [0.5, 0.6) is 5.75 Å². The fourth-order valence-corrected chi connectivity index (χ4v) is 1.31. The van der Waals surface area contributed by atoms with Gasteiger partial charge >= 0.3 is 6.36 Å². The number of nitrogen functional groups attached to an aromatic ring is 1. The lowest BCUT2D eigenvalue weighted by atomic mass is 10.3. The minimum Gasteiger partial charge on any atom is -0.401 e. The van der Waals surface area contributed by atoms with E-state index >= 15 is 0 Å². The molecular formula is C7H3BrF3N3O. The molecule has 0 radical (unpaired) electrons. The van der Waals surface area contributed by atoms with Gasteiger partial charge in [0.05, 0.1) is 4.47 Å². The smallest absolute Gasteiger partial charge is 0.401 e. The summed E-state index contributed by atoms with van der Waals surface area (Å²) in [6, 6.07) is 2.57. The van der Waals surface area contributed by atoms with Crippen LogP contribution in [-0.4, -0.2) is 11.3 Å². The van der Waals surface area contributed by atoms with Gasteiger partial charge in [0.15, 0.2) is 11.4 Å². The van der Waals surface area contributed by atoms with Crippen molar-refractivity contribution in [2.24, 2.45) is 0 Å². The number of rotatable bonds is 1. The Morgan fingerprint density at radius 1 is 1.53 bits per heavy atom. The van der Waals surface area contributed by atoms with Crippen LogP contribution in [0, 0.1) is 11.3 Å². The number of halogens is 4. The number of aromatic nitrogens is 1.